The predicted octanol–water partition coefficient (Wildman–Crippen LogP) is 4.81. The van der Waals surface area contributed by atoms with Crippen LogP contribution in [0.1, 0.15) is 59.0 Å². The first kappa shape index (κ1) is 19.4. The molecule has 1 amide bonds. The normalized spacial score (nSPS) is 15.0. The molecule has 1 aliphatic heterocycles. The van der Waals surface area contributed by atoms with Crippen LogP contribution in [0.25, 0.3) is 11.1 Å². The van der Waals surface area contributed by atoms with Crippen molar-refractivity contribution in [3.63, 3.8) is 0 Å². The van der Waals surface area contributed by atoms with E-state index >= 15 is 0 Å². The molecule has 150 valence electrons. The molecule has 4 rings (SSSR count). The van der Waals surface area contributed by atoms with Crippen LogP contribution in [0.15, 0.2) is 46.9 Å². The third kappa shape index (κ3) is 4.24. The lowest BCUT2D eigenvalue weighted by Gasteiger charge is -2.30. The first-order valence-corrected chi connectivity index (χ1v) is 10.2. The van der Waals surface area contributed by atoms with Gasteiger partial charge < -0.3 is 9.32 Å². The number of piperidine rings is 1. The Labute approximate surface area is 170 Å². The van der Waals surface area contributed by atoms with Crippen LogP contribution in [0.5, 0.6) is 0 Å². The maximum absolute atomic E-state index is 12.6. The van der Waals surface area contributed by atoms with Crippen LogP contribution in [0.3, 0.4) is 0 Å². The second-order valence-corrected chi connectivity index (χ2v) is 7.90. The molecule has 0 N–H and O–H groups in total. The van der Waals surface area contributed by atoms with Crippen LogP contribution < -0.4 is 0 Å². The Balaban J connectivity index is 1.29. The van der Waals surface area contributed by atoms with Gasteiger partial charge in [-0.1, -0.05) is 24.3 Å². The van der Waals surface area contributed by atoms with Crippen molar-refractivity contribution in [3.8, 4) is 0 Å². The minimum Gasteiger partial charge on any atom is -0.440 e. The number of ketones is 1. The summed E-state index contributed by atoms with van der Waals surface area (Å²) in [4.78, 5) is 31.5. The lowest BCUT2D eigenvalue weighted by atomic mass is 9.96. The topological polar surface area (TPSA) is 63.4 Å². The molecule has 5 nitrogen and oxygen atoms in total. The Morgan fingerprint density at radius 2 is 1.79 bits per heavy atom. The summed E-state index contributed by atoms with van der Waals surface area (Å²) in [6, 6.07) is 13.5. The second-order valence-electron chi connectivity index (χ2n) is 7.90. The predicted molar refractivity (Wildman–Crippen MR) is 112 cm³/mol. The molecular weight excluding hydrogens is 364 g/mol. The standard InChI is InChI=1S/C24H26N2O3/c1-16-7-8-19(15-17(16)2)21(27)9-10-23(28)26-13-11-18(12-14-26)24-25-20-5-3-4-6-22(20)29-24/h3-8,15,18H,9-14H2,1-2H3. The number of carbonyl (C=O) groups is 2. The van der Waals surface area contributed by atoms with Crippen LogP contribution in [-0.4, -0.2) is 34.7 Å². The Bertz CT molecular complexity index is 1010. The van der Waals surface area contributed by atoms with Crippen molar-refractivity contribution in [3.05, 3.63) is 65.0 Å². The number of likely N-dealkylation sites (tertiary alicyclic amines) is 1. The summed E-state index contributed by atoms with van der Waals surface area (Å²) in [5, 5.41) is 0. The highest BCUT2D eigenvalue weighted by Crippen LogP contribution is 2.30. The maximum atomic E-state index is 12.6. The van der Waals surface area contributed by atoms with Crippen LogP contribution in [0.2, 0.25) is 0 Å². The van der Waals surface area contributed by atoms with Crippen LogP contribution in [0.4, 0.5) is 0 Å². The summed E-state index contributed by atoms with van der Waals surface area (Å²) >= 11 is 0. The molecule has 1 aromatic heterocycles. The van der Waals surface area contributed by atoms with E-state index in [1.165, 1.54) is 5.56 Å². The zero-order valence-corrected chi connectivity index (χ0v) is 17.0. The third-order valence-corrected chi connectivity index (χ3v) is 5.90. The van der Waals surface area contributed by atoms with Gasteiger partial charge >= 0.3 is 0 Å². The van der Waals surface area contributed by atoms with Crippen molar-refractivity contribution in [2.24, 2.45) is 0 Å². The zero-order chi connectivity index (χ0) is 20.4. The van der Waals surface area contributed by atoms with E-state index in [1.807, 2.05) is 61.2 Å². The van der Waals surface area contributed by atoms with Crippen LogP contribution >= 0.6 is 0 Å². The van der Waals surface area contributed by atoms with Crippen molar-refractivity contribution in [2.75, 3.05) is 13.1 Å². The summed E-state index contributed by atoms with van der Waals surface area (Å²) in [7, 11) is 0. The first-order chi connectivity index (χ1) is 14.0. The largest absolute Gasteiger partial charge is 0.440 e. The van der Waals surface area contributed by atoms with Crippen LogP contribution in [0, 0.1) is 13.8 Å². The van der Waals surface area contributed by atoms with Gasteiger partial charge in [0.1, 0.15) is 5.52 Å². The lowest BCUT2D eigenvalue weighted by Crippen LogP contribution is -2.38. The van der Waals surface area contributed by atoms with Crippen LogP contribution in [-0.2, 0) is 4.79 Å². The van der Waals surface area contributed by atoms with Gasteiger partial charge in [0.2, 0.25) is 5.91 Å². The summed E-state index contributed by atoms with van der Waals surface area (Å²) < 4.78 is 5.89. The molecule has 3 aromatic rings. The number of aryl methyl sites for hydroxylation is 2. The van der Waals surface area contributed by atoms with E-state index in [9.17, 15) is 9.59 Å². The minimum atomic E-state index is 0.0304. The van der Waals surface area contributed by atoms with Gasteiger partial charge in [-0.25, -0.2) is 4.98 Å². The number of nitrogens with zero attached hydrogens (tertiary/aromatic N) is 2. The van der Waals surface area contributed by atoms with Gasteiger partial charge in [0, 0.05) is 37.4 Å². The highest BCUT2D eigenvalue weighted by atomic mass is 16.3. The van der Waals surface area contributed by atoms with Gasteiger partial charge in [-0.3, -0.25) is 9.59 Å². The average Bonchev–Trinajstić information content (AvgIpc) is 3.18. The fraction of sp³-hybridized carbons (Fsp3) is 0.375. The molecule has 29 heavy (non-hydrogen) atoms. The van der Waals surface area contributed by atoms with Gasteiger partial charge in [0.05, 0.1) is 0 Å². The summed E-state index contributed by atoms with van der Waals surface area (Å²) in [6.07, 6.45) is 2.19. The number of hydrogen-bond acceptors (Lipinski definition) is 4. The molecule has 2 heterocycles. The second kappa shape index (κ2) is 8.19. The number of amides is 1. The first-order valence-electron chi connectivity index (χ1n) is 10.2. The fourth-order valence-electron chi connectivity index (χ4n) is 3.88. The molecule has 0 spiro atoms. The Hall–Kier alpha value is -2.95. The summed E-state index contributed by atoms with van der Waals surface area (Å²) in [5.41, 5.74) is 4.65. The fourth-order valence-corrected chi connectivity index (χ4v) is 3.88. The molecule has 0 radical (unpaired) electrons. The number of Topliss-reactive ketones (excluding diaryl/α,β-unsaturated/α-hetero) is 1. The number of rotatable bonds is 5. The van der Waals surface area contributed by atoms with Crippen molar-refractivity contribution in [2.45, 2.75) is 45.4 Å². The van der Waals surface area contributed by atoms with Crippen molar-refractivity contribution in [1.29, 1.82) is 0 Å². The van der Waals surface area contributed by atoms with Gasteiger partial charge in [0.15, 0.2) is 17.3 Å². The average molecular weight is 390 g/mol. The molecule has 0 bridgehead atoms. The van der Waals surface area contributed by atoms with Gasteiger partial charge in [0.25, 0.3) is 0 Å². The minimum absolute atomic E-state index is 0.0304. The number of para-hydroxylation sites is 2. The van der Waals surface area contributed by atoms with E-state index in [0.717, 1.165) is 35.4 Å². The molecule has 1 aliphatic rings. The van der Waals surface area contributed by atoms with E-state index < -0.39 is 0 Å². The van der Waals surface area contributed by atoms with Gasteiger partial charge in [-0.05, 0) is 56.0 Å². The Morgan fingerprint density at radius 1 is 1.03 bits per heavy atom. The lowest BCUT2D eigenvalue weighted by molar-refractivity contribution is -0.132. The summed E-state index contributed by atoms with van der Waals surface area (Å²) in [6.45, 7) is 5.38. The van der Waals surface area contributed by atoms with E-state index in [2.05, 4.69) is 4.98 Å². The van der Waals surface area contributed by atoms with E-state index in [0.29, 0.717) is 18.7 Å². The van der Waals surface area contributed by atoms with E-state index in [1.54, 1.807) is 0 Å². The monoisotopic (exact) mass is 390 g/mol. The number of oxazole rings is 1. The van der Waals surface area contributed by atoms with E-state index in [4.69, 9.17) is 4.42 Å². The number of fused-ring (bicyclic) bond motifs is 1. The third-order valence-electron chi connectivity index (χ3n) is 5.90. The molecule has 0 aliphatic carbocycles. The molecule has 2 aromatic carbocycles. The Morgan fingerprint density at radius 3 is 2.52 bits per heavy atom. The highest BCUT2D eigenvalue weighted by molar-refractivity contribution is 5.98. The highest BCUT2D eigenvalue weighted by Gasteiger charge is 2.27. The molecule has 0 atom stereocenters. The zero-order valence-electron chi connectivity index (χ0n) is 17.0. The number of benzene rings is 2. The number of aromatic nitrogens is 1. The summed E-state index contributed by atoms with van der Waals surface area (Å²) in [5.74, 6) is 1.09. The number of carbonyl (C=O) groups excluding carboxylic acids is 2. The smallest absolute Gasteiger partial charge is 0.223 e. The molecule has 5 heteroatoms. The SMILES string of the molecule is Cc1ccc(C(=O)CCC(=O)N2CCC(c3nc4ccccc4o3)CC2)cc1C. The van der Waals surface area contributed by atoms with Gasteiger partial charge in [-0.15, -0.1) is 0 Å². The molecule has 1 saturated heterocycles. The Kier molecular flexibility index (Phi) is 5.47. The van der Waals surface area contributed by atoms with Crippen molar-refractivity contribution < 1.29 is 14.0 Å². The molecule has 0 unspecified atom stereocenters. The molecule has 0 saturated carbocycles. The van der Waals surface area contributed by atoms with Crippen molar-refractivity contribution >= 4 is 22.8 Å². The molecular formula is C24H26N2O3. The van der Waals surface area contributed by atoms with Gasteiger partial charge in [-0.2, -0.15) is 0 Å². The van der Waals surface area contributed by atoms with E-state index in [-0.39, 0.29) is 30.4 Å². The number of hydrogen-bond donors (Lipinski definition) is 0. The van der Waals surface area contributed by atoms with Crippen molar-refractivity contribution in [1.82, 2.24) is 9.88 Å². The quantitative estimate of drug-likeness (QED) is 0.586. The maximum Gasteiger partial charge on any atom is 0.223 e. The molecule has 1 fully saturated rings.